The van der Waals surface area contributed by atoms with Crippen molar-refractivity contribution in [3.8, 4) is 0 Å². The number of hydrogen-bond acceptors (Lipinski definition) is 2. The lowest BCUT2D eigenvalue weighted by Crippen LogP contribution is -2.15. The standard InChI is InChI=1S/C17H33N3/c1-4-6-7-8-9-10-11-12-13-18-14-16-15-20(3)19-17(16)5-2/h15,18H,4-14H2,1-3H3. The van der Waals surface area contributed by atoms with Crippen molar-refractivity contribution in [3.05, 3.63) is 17.5 Å². The van der Waals surface area contributed by atoms with E-state index >= 15 is 0 Å². The molecule has 0 saturated heterocycles. The van der Waals surface area contributed by atoms with Crippen molar-refractivity contribution in [2.75, 3.05) is 6.54 Å². The maximum Gasteiger partial charge on any atom is 0.0666 e. The fourth-order valence-corrected chi connectivity index (χ4v) is 2.64. The Bertz CT molecular complexity index is 344. The molecule has 0 aliphatic heterocycles. The summed E-state index contributed by atoms with van der Waals surface area (Å²) in [6, 6.07) is 0. The first-order valence-corrected chi connectivity index (χ1v) is 8.50. The molecule has 0 unspecified atom stereocenters. The number of hydrogen-bond donors (Lipinski definition) is 1. The summed E-state index contributed by atoms with van der Waals surface area (Å²) in [4.78, 5) is 0. The van der Waals surface area contributed by atoms with Crippen LogP contribution in [0.1, 0.15) is 76.5 Å². The van der Waals surface area contributed by atoms with Gasteiger partial charge in [0.2, 0.25) is 0 Å². The first-order chi connectivity index (χ1) is 9.77. The van der Waals surface area contributed by atoms with Gasteiger partial charge >= 0.3 is 0 Å². The summed E-state index contributed by atoms with van der Waals surface area (Å²) in [6.45, 7) is 6.54. The van der Waals surface area contributed by atoms with E-state index in [4.69, 9.17) is 0 Å². The molecule has 3 heteroatoms. The molecule has 0 aliphatic rings. The van der Waals surface area contributed by atoms with Crippen LogP contribution in [-0.2, 0) is 20.0 Å². The number of nitrogens with one attached hydrogen (secondary N) is 1. The molecule has 1 heterocycles. The Morgan fingerprint density at radius 3 is 2.30 bits per heavy atom. The van der Waals surface area contributed by atoms with Gasteiger partial charge in [0.05, 0.1) is 5.69 Å². The molecule has 116 valence electrons. The zero-order valence-corrected chi connectivity index (χ0v) is 13.7. The summed E-state index contributed by atoms with van der Waals surface area (Å²) in [6.07, 6.45) is 14.3. The lowest BCUT2D eigenvalue weighted by Gasteiger charge is -2.05. The Kier molecular flexibility index (Phi) is 9.38. The van der Waals surface area contributed by atoms with Crippen LogP contribution in [-0.4, -0.2) is 16.3 Å². The third-order valence-electron chi connectivity index (χ3n) is 3.85. The third kappa shape index (κ3) is 7.09. The number of unbranched alkanes of at least 4 members (excludes halogenated alkanes) is 7. The smallest absolute Gasteiger partial charge is 0.0666 e. The van der Waals surface area contributed by atoms with Gasteiger partial charge in [-0.05, 0) is 19.4 Å². The van der Waals surface area contributed by atoms with Crippen molar-refractivity contribution in [1.82, 2.24) is 15.1 Å². The zero-order valence-electron chi connectivity index (χ0n) is 13.7. The minimum atomic E-state index is 0.966. The molecule has 3 nitrogen and oxygen atoms in total. The van der Waals surface area contributed by atoms with Gasteiger partial charge in [-0.3, -0.25) is 4.68 Å². The van der Waals surface area contributed by atoms with Gasteiger partial charge in [0.25, 0.3) is 0 Å². The van der Waals surface area contributed by atoms with Gasteiger partial charge in [0.1, 0.15) is 0 Å². The quantitative estimate of drug-likeness (QED) is 0.581. The SMILES string of the molecule is CCCCCCCCCCNCc1cn(C)nc1CC. The number of rotatable bonds is 12. The first-order valence-electron chi connectivity index (χ1n) is 8.50. The second kappa shape index (κ2) is 10.9. The lowest BCUT2D eigenvalue weighted by molar-refractivity contribution is 0.554. The minimum absolute atomic E-state index is 0.966. The maximum absolute atomic E-state index is 4.47. The van der Waals surface area contributed by atoms with E-state index in [1.807, 2.05) is 11.7 Å². The molecule has 1 aromatic heterocycles. The fourth-order valence-electron chi connectivity index (χ4n) is 2.64. The normalized spacial score (nSPS) is 11.2. The number of aryl methyl sites for hydroxylation is 2. The molecule has 20 heavy (non-hydrogen) atoms. The summed E-state index contributed by atoms with van der Waals surface area (Å²) in [5.74, 6) is 0. The van der Waals surface area contributed by atoms with Crippen molar-refractivity contribution < 1.29 is 0 Å². The first kappa shape index (κ1) is 17.2. The van der Waals surface area contributed by atoms with Crippen LogP contribution >= 0.6 is 0 Å². The summed E-state index contributed by atoms with van der Waals surface area (Å²) in [5.41, 5.74) is 2.59. The van der Waals surface area contributed by atoms with Crippen molar-refractivity contribution in [3.63, 3.8) is 0 Å². The average molecular weight is 279 g/mol. The van der Waals surface area contributed by atoms with E-state index in [1.165, 1.54) is 62.6 Å². The summed E-state index contributed by atoms with van der Waals surface area (Å²) in [7, 11) is 2.00. The fraction of sp³-hybridized carbons (Fsp3) is 0.824. The highest BCUT2D eigenvalue weighted by Crippen LogP contribution is 2.09. The number of nitrogens with zero attached hydrogens (tertiary/aromatic N) is 2. The molecular weight excluding hydrogens is 246 g/mol. The van der Waals surface area contributed by atoms with E-state index in [1.54, 1.807) is 0 Å². The van der Waals surface area contributed by atoms with Gasteiger partial charge in [0, 0.05) is 25.4 Å². The Morgan fingerprint density at radius 1 is 1.00 bits per heavy atom. The molecule has 0 bridgehead atoms. The second-order valence-corrected chi connectivity index (χ2v) is 5.78. The molecule has 1 rings (SSSR count). The van der Waals surface area contributed by atoms with Gasteiger partial charge in [-0.1, -0.05) is 58.8 Å². The highest BCUT2D eigenvalue weighted by Gasteiger charge is 2.04. The average Bonchev–Trinajstić information content (AvgIpc) is 2.81. The zero-order chi connectivity index (χ0) is 14.6. The van der Waals surface area contributed by atoms with Crippen molar-refractivity contribution in [2.45, 2.75) is 78.2 Å². The molecule has 0 atom stereocenters. The molecular formula is C17H33N3. The van der Waals surface area contributed by atoms with Gasteiger partial charge < -0.3 is 5.32 Å². The van der Waals surface area contributed by atoms with Crippen molar-refractivity contribution >= 4 is 0 Å². The molecule has 1 N–H and O–H groups in total. The minimum Gasteiger partial charge on any atom is -0.313 e. The predicted octanol–water partition coefficient (Wildman–Crippen LogP) is 4.21. The van der Waals surface area contributed by atoms with Crippen LogP contribution in [0.3, 0.4) is 0 Å². The van der Waals surface area contributed by atoms with Gasteiger partial charge in [-0.15, -0.1) is 0 Å². The molecule has 0 radical (unpaired) electrons. The molecule has 0 saturated carbocycles. The maximum atomic E-state index is 4.47. The second-order valence-electron chi connectivity index (χ2n) is 5.78. The van der Waals surface area contributed by atoms with Crippen LogP contribution in [0, 0.1) is 0 Å². The molecule has 1 aromatic rings. The van der Waals surface area contributed by atoms with E-state index in [0.717, 1.165) is 19.5 Å². The van der Waals surface area contributed by atoms with Crippen LogP contribution in [0.5, 0.6) is 0 Å². The number of aromatic nitrogens is 2. The summed E-state index contributed by atoms with van der Waals surface area (Å²) in [5, 5.41) is 8.02. The Balaban J connectivity index is 1.96. The topological polar surface area (TPSA) is 29.9 Å². The van der Waals surface area contributed by atoms with Gasteiger partial charge in [-0.2, -0.15) is 5.10 Å². The molecule has 0 spiro atoms. The molecule has 0 aromatic carbocycles. The van der Waals surface area contributed by atoms with E-state index in [-0.39, 0.29) is 0 Å². The largest absolute Gasteiger partial charge is 0.313 e. The lowest BCUT2D eigenvalue weighted by atomic mass is 10.1. The Morgan fingerprint density at radius 2 is 1.65 bits per heavy atom. The molecule has 0 amide bonds. The highest BCUT2D eigenvalue weighted by molar-refractivity contribution is 5.16. The van der Waals surface area contributed by atoms with Gasteiger partial charge in [-0.25, -0.2) is 0 Å². The van der Waals surface area contributed by atoms with E-state index in [9.17, 15) is 0 Å². The van der Waals surface area contributed by atoms with Gasteiger partial charge in [0.15, 0.2) is 0 Å². The van der Waals surface area contributed by atoms with Crippen molar-refractivity contribution in [1.29, 1.82) is 0 Å². The van der Waals surface area contributed by atoms with E-state index in [2.05, 4.69) is 30.5 Å². The van der Waals surface area contributed by atoms with Crippen LogP contribution in [0.25, 0.3) is 0 Å². The Hall–Kier alpha value is -0.830. The summed E-state index contributed by atoms with van der Waals surface area (Å²) >= 11 is 0. The third-order valence-corrected chi connectivity index (χ3v) is 3.85. The molecule has 0 aliphatic carbocycles. The van der Waals surface area contributed by atoms with E-state index in [0.29, 0.717) is 0 Å². The summed E-state index contributed by atoms with van der Waals surface area (Å²) < 4.78 is 1.92. The van der Waals surface area contributed by atoms with E-state index < -0.39 is 0 Å². The Labute approximate surface area is 125 Å². The molecule has 0 fully saturated rings. The van der Waals surface area contributed by atoms with Crippen LogP contribution in [0.2, 0.25) is 0 Å². The highest BCUT2D eigenvalue weighted by atomic mass is 15.3. The monoisotopic (exact) mass is 279 g/mol. The predicted molar refractivity (Wildman–Crippen MR) is 86.9 cm³/mol. The van der Waals surface area contributed by atoms with Crippen LogP contribution < -0.4 is 5.32 Å². The van der Waals surface area contributed by atoms with Crippen LogP contribution in [0.15, 0.2) is 6.20 Å². The van der Waals surface area contributed by atoms with Crippen LogP contribution in [0.4, 0.5) is 0 Å². The van der Waals surface area contributed by atoms with Crippen molar-refractivity contribution in [2.24, 2.45) is 7.05 Å².